The van der Waals surface area contributed by atoms with Crippen LogP contribution < -0.4 is 0 Å². The van der Waals surface area contributed by atoms with E-state index in [-0.39, 0.29) is 11.9 Å². The molecule has 0 unspecified atom stereocenters. The van der Waals surface area contributed by atoms with Gasteiger partial charge >= 0.3 is 0 Å². The predicted molar refractivity (Wildman–Crippen MR) is 106 cm³/mol. The predicted octanol–water partition coefficient (Wildman–Crippen LogP) is 4.34. The first kappa shape index (κ1) is 19.6. The first-order chi connectivity index (χ1) is 12.9. The number of hydrogen-bond donors (Lipinski definition) is 0. The molecule has 5 nitrogen and oxygen atoms in total. The number of amides is 1. The fourth-order valence-electron chi connectivity index (χ4n) is 4.29. The average molecular weight is 370 g/mol. The highest BCUT2D eigenvalue weighted by Crippen LogP contribution is 2.46. The van der Waals surface area contributed by atoms with Crippen molar-refractivity contribution in [3.63, 3.8) is 0 Å². The highest BCUT2D eigenvalue weighted by molar-refractivity contribution is 5.73. The molecule has 0 fully saturated rings. The lowest BCUT2D eigenvalue weighted by atomic mass is 9.89. The van der Waals surface area contributed by atoms with Gasteiger partial charge in [0.1, 0.15) is 0 Å². The highest BCUT2D eigenvalue weighted by atomic mass is 16.5. The molecule has 0 N–H and O–H groups in total. The number of carbonyl (C=O) groups is 1. The van der Waals surface area contributed by atoms with Gasteiger partial charge in [0.15, 0.2) is 5.82 Å². The Hall–Kier alpha value is -2.17. The van der Waals surface area contributed by atoms with Crippen molar-refractivity contribution in [2.75, 3.05) is 6.54 Å². The summed E-state index contributed by atoms with van der Waals surface area (Å²) < 4.78 is 5.53. The maximum Gasteiger partial charge on any atom is 0.227 e. The minimum absolute atomic E-state index is 0.0796. The van der Waals surface area contributed by atoms with E-state index in [4.69, 9.17) is 4.52 Å². The van der Waals surface area contributed by atoms with Gasteiger partial charge in [0.05, 0.1) is 0 Å². The molecule has 146 valence electrons. The second kappa shape index (κ2) is 8.24. The summed E-state index contributed by atoms with van der Waals surface area (Å²) in [6.07, 6.45) is 2.55. The minimum Gasteiger partial charge on any atom is -0.340 e. The molecule has 2 atom stereocenters. The molecular weight excluding hydrogens is 338 g/mol. The van der Waals surface area contributed by atoms with Crippen molar-refractivity contribution in [3.05, 3.63) is 47.1 Å². The quantitative estimate of drug-likeness (QED) is 0.728. The Kier molecular flexibility index (Phi) is 5.98. The lowest BCUT2D eigenvalue weighted by Gasteiger charge is -2.24. The van der Waals surface area contributed by atoms with Crippen LogP contribution in [0, 0.1) is 5.92 Å². The first-order valence-corrected chi connectivity index (χ1v) is 10.0. The number of hydrogen-bond acceptors (Lipinski definition) is 4. The Bertz CT molecular complexity index is 781. The minimum atomic E-state index is 0.0796. The molecule has 0 bridgehead atoms. The van der Waals surface area contributed by atoms with Crippen molar-refractivity contribution in [1.29, 1.82) is 0 Å². The molecule has 0 spiro atoms. The van der Waals surface area contributed by atoms with E-state index in [9.17, 15) is 4.79 Å². The highest BCUT2D eigenvalue weighted by Gasteiger charge is 2.33. The number of aromatic nitrogens is 2. The van der Waals surface area contributed by atoms with Crippen molar-refractivity contribution in [3.8, 4) is 0 Å². The topological polar surface area (TPSA) is 59.2 Å². The maximum atomic E-state index is 11.7. The van der Waals surface area contributed by atoms with E-state index >= 15 is 0 Å². The summed E-state index contributed by atoms with van der Waals surface area (Å²) in [7, 11) is 0. The Labute approximate surface area is 162 Å². The van der Waals surface area contributed by atoms with Crippen LogP contribution in [-0.2, 0) is 17.6 Å². The molecule has 5 heteroatoms. The van der Waals surface area contributed by atoms with Crippen molar-refractivity contribution in [2.45, 2.75) is 71.8 Å². The van der Waals surface area contributed by atoms with E-state index in [0.717, 1.165) is 12.8 Å². The molecule has 1 amide bonds. The zero-order chi connectivity index (χ0) is 19.6. The van der Waals surface area contributed by atoms with Gasteiger partial charge in [0.25, 0.3) is 0 Å². The van der Waals surface area contributed by atoms with E-state index in [1.54, 1.807) is 6.92 Å². The Balaban J connectivity index is 1.65. The van der Waals surface area contributed by atoms with Gasteiger partial charge < -0.3 is 9.42 Å². The fourth-order valence-corrected chi connectivity index (χ4v) is 4.29. The molecule has 3 rings (SSSR count). The molecule has 0 radical (unpaired) electrons. The molecule has 1 aliphatic rings. The van der Waals surface area contributed by atoms with Crippen molar-refractivity contribution in [2.24, 2.45) is 5.92 Å². The van der Waals surface area contributed by atoms with E-state index in [1.165, 1.54) is 11.1 Å². The monoisotopic (exact) mass is 369 g/mol. The number of nitrogens with zero attached hydrogens (tertiary/aromatic N) is 3. The molecule has 0 saturated heterocycles. The Morgan fingerprint density at radius 3 is 2.56 bits per heavy atom. The number of fused-ring (bicyclic) bond motifs is 1. The standard InChI is InChI=1S/C22H31N3O2/c1-14(2)20-12-17(18-8-6-7-9-19(18)20)13-22-23-21(24-27-22)10-11-25(15(3)4)16(5)26/h6-9,14-15,17,20H,10-13H2,1-5H3/t17-,20-/m0/s1. The van der Waals surface area contributed by atoms with Crippen LogP contribution >= 0.6 is 0 Å². The third-order valence-electron chi connectivity index (χ3n) is 5.71. The smallest absolute Gasteiger partial charge is 0.227 e. The summed E-state index contributed by atoms with van der Waals surface area (Å²) >= 11 is 0. The fraction of sp³-hybridized carbons (Fsp3) is 0.591. The molecule has 0 saturated carbocycles. The van der Waals surface area contributed by atoms with Crippen molar-refractivity contribution in [1.82, 2.24) is 15.0 Å². The zero-order valence-electron chi connectivity index (χ0n) is 17.1. The van der Waals surface area contributed by atoms with Crippen LogP contribution in [0.4, 0.5) is 0 Å². The normalized spacial score (nSPS) is 18.9. The van der Waals surface area contributed by atoms with Crippen LogP contribution in [-0.4, -0.2) is 33.5 Å². The van der Waals surface area contributed by atoms with E-state index in [0.29, 0.717) is 42.4 Å². The Morgan fingerprint density at radius 2 is 1.93 bits per heavy atom. The number of benzene rings is 1. The largest absolute Gasteiger partial charge is 0.340 e. The van der Waals surface area contributed by atoms with Crippen LogP contribution in [0.3, 0.4) is 0 Å². The summed E-state index contributed by atoms with van der Waals surface area (Å²) in [5, 5.41) is 4.13. The molecule has 1 aliphatic carbocycles. The molecule has 27 heavy (non-hydrogen) atoms. The van der Waals surface area contributed by atoms with Gasteiger partial charge in [-0.2, -0.15) is 4.98 Å². The van der Waals surface area contributed by atoms with Crippen LogP contribution in [0.2, 0.25) is 0 Å². The van der Waals surface area contributed by atoms with Gasteiger partial charge in [-0.15, -0.1) is 0 Å². The first-order valence-electron chi connectivity index (χ1n) is 10.0. The maximum absolute atomic E-state index is 11.7. The van der Waals surface area contributed by atoms with Gasteiger partial charge in [-0.3, -0.25) is 4.79 Å². The second-order valence-electron chi connectivity index (χ2n) is 8.28. The molecular formula is C22H31N3O2. The lowest BCUT2D eigenvalue weighted by molar-refractivity contribution is -0.130. The van der Waals surface area contributed by atoms with Gasteiger partial charge in [-0.05, 0) is 49.1 Å². The van der Waals surface area contributed by atoms with E-state index in [2.05, 4.69) is 48.3 Å². The number of rotatable bonds is 7. The zero-order valence-corrected chi connectivity index (χ0v) is 17.1. The van der Waals surface area contributed by atoms with Crippen LogP contribution in [0.25, 0.3) is 0 Å². The lowest BCUT2D eigenvalue weighted by Crippen LogP contribution is -2.36. The SMILES string of the molecule is CC(=O)N(CCc1noc(C[C@@H]2C[C@@H](C(C)C)c3ccccc32)n1)C(C)C. The van der Waals surface area contributed by atoms with Crippen LogP contribution in [0.1, 0.15) is 75.7 Å². The molecule has 1 aromatic heterocycles. The summed E-state index contributed by atoms with van der Waals surface area (Å²) in [6.45, 7) is 10.9. The van der Waals surface area contributed by atoms with Gasteiger partial charge in [-0.1, -0.05) is 43.3 Å². The summed E-state index contributed by atoms with van der Waals surface area (Å²) in [5.74, 6) is 3.13. The van der Waals surface area contributed by atoms with E-state index in [1.807, 2.05) is 18.7 Å². The van der Waals surface area contributed by atoms with Crippen molar-refractivity contribution < 1.29 is 9.32 Å². The van der Waals surface area contributed by atoms with Gasteiger partial charge in [-0.25, -0.2) is 0 Å². The van der Waals surface area contributed by atoms with Crippen molar-refractivity contribution >= 4 is 5.91 Å². The van der Waals surface area contributed by atoms with Gasteiger partial charge in [0.2, 0.25) is 11.8 Å². The third-order valence-corrected chi connectivity index (χ3v) is 5.71. The second-order valence-corrected chi connectivity index (χ2v) is 8.28. The molecule has 1 heterocycles. The molecule has 0 aliphatic heterocycles. The summed E-state index contributed by atoms with van der Waals surface area (Å²) in [4.78, 5) is 18.1. The molecule has 2 aromatic rings. The average Bonchev–Trinajstić information content (AvgIpc) is 3.20. The summed E-state index contributed by atoms with van der Waals surface area (Å²) in [6, 6.07) is 8.94. The molecule has 1 aromatic carbocycles. The van der Waals surface area contributed by atoms with E-state index < -0.39 is 0 Å². The van der Waals surface area contributed by atoms with Gasteiger partial charge in [0, 0.05) is 32.4 Å². The number of carbonyl (C=O) groups excluding carboxylic acids is 1. The third kappa shape index (κ3) is 4.40. The Morgan fingerprint density at radius 1 is 1.22 bits per heavy atom. The van der Waals surface area contributed by atoms with Crippen LogP contribution in [0.5, 0.6) is 0 Å². The van der Waals surface area contributed by atoms with Crippen LogP contribution in [0.15, 0.2) is 28.8 Å². The summed E-state index contributed by atoms with van der Waals surface area (Å²) in [5.41, 5.74) is 2.91.